The topological polar surface area (TPSA) is 85.7 Å². The van der Waals surface area contributed by atoms with Crippen molar-refractivity contribution < 1.29 is 14.3 Å². The molecule has 2 saturated heterocycles. The third-order valence-electron chi connectivity index (χ3n) is 6.45. The number of amides is 1. The van der Waals surface area contributed by atoms with Gasteiger partial charge in [-0.3, -0.25) is 9.59 Å². The van der Waals surface area contributed by atoms with Crippen LogP contribution in [0.2, 0.25) is 0 Å². The number of ether oxygens (including phenoxy) is 2. The van der Waals surface area contributed by atoms with Crippen LogP contribution in [-0.4, -0.2) is 60.5 Å². The van der Waals surface area contributed by atoms with Gasteiger partial charge in [-0.25, -0.2) is 4.68 Å². The highest BCUT2D eigenvalue weighted by Crippen LogP contribution is 2.33. The van der Waals surface area contributed by atoms with E-state index in [9.17, 15) is 9.59 Å². The van der Waals surface area contributed by atoms with E-state index in [1.54, 1.807) is 18.3 Å². The Morgan fingerprint density at radius 1 is 1.17 bits per heavy atom. The molecule has 8 nitrogen and oxygen atoms in total. The number of hydrogen-bond acceptors (Lipinski definition) is 6. The molecule has 3 heterocycles. The molecule has 2 aromatic rings. The zero-order valence-corrected chi connectivity index (χ0v) is 17.7. The summed E-state index contributed by atoms with van der Waals surface area (Å²) in [5, 5.41) is 8.23. The van der Waals surface area contributed by atoms with Gasteiger partial charge in [0.05, 0.1) is 25.8 Å². The molecule has 0 bridgehead atoms. The summed E-state index contributed by atoms with van der Waals surface area (Å²) in [6.45, 7) is 2.89. The molecule has 2 aliphatic rings. The molecule has 0 radical (unpaired) electrons. The fourth-order valence-corrected chi connectivity index (χ4v) is 4.95. The number of fused-ring (bicyclic) bond motifs is 2. The van der Waals surface area contributed by atoms with Gasteiger partial charge in [0.15, 0.2) is 11.5 Å². The van der Waals surface area contributed by atoms with Gasteiger partial charge in [-0.1, -0.05) is 6.42 Å². The van der Waals surface area contributed by atoms with Gasteiger partial charge >= 0.3 is 0 Å². The number of aromatic nitrogens is 2. The van der Waals surface area contributed by atoms with Crippen LogP contribution in [-0.2, 0) is 11.3 Å². The minimum Gasteiger partial charge on any atom is -0.493 e. The van der Waals surface area contributed by atoms with Gasteiger partial charge in [0.25, 0.3) is 5.56 Å². The smallest absolute Gasteiger partial charge is 0.279 e. The molecule has 0 saturated carbocycles. The van der Waals surface area contributed by atoms with Crippen LogP contribution in [0.15, 0.2) is 23.1 Å². The van der Waals surface area contributed by atoms with E-state index in [4.69, 9.17) is 9.47 Å². The van der Waals surface area contributed by atoms with E-state index in [-0.39, 0.29) is 18.0 Å². The van der Waals surface area contributed by atoms with Gasteiger partial charge in [-0.05, 0) is 56.8 Å². The van der Waals surface area contributed by atoms with Crippen molar-refractivity contribution in [2.24, 2.45) is 5.92 Å². The number of hydrogen-bond donors (Lipinski definition) is 1. The fourth-order valence-electron chi connectivity index (χ4n) is 4.95. The summed E-state index contributed by atoms with van der Waals surface area (Å²) in [4.78, 5) is 28.2. The first-order valence-corrected chi connectivity index (χ1v) is 10.7. The average Bonchev–Trinajstić information content (AvgIpc) is 2.78. The number of carbonyl (C=O) groups is 1. The third kappa shape index (κ3) is 4.01. The summed E-state index contributed by atoms with van der Waals surface area (Å²) >= 11 is 0. The number of methoxy groups -OCH3 is 2. The first kappa shape index (κ1) is 20.7. The van der Waals surface area contributed by atoms with Crippen molar-refractivity contribution in [3.63, 3.8) is 0 Å². The van der Waals surface area contributed by atoms with Crippen LogP contribution in [0.25, 0.3) is 10.8 Å². The molecule has 30 heavy (non-hydrogen) atoms. The highest BCUT2D eigenvalue weighted by Gasteiger charge is 2.32. The fraction of sp³-hybridized carbons (Fsp3) is 0.591. The number of nitrogens with one attached hydrogen (secondary N) is 1. The number of nitrogens with zero attached hydrogens (tertiary/aromatic N) is 3. The normalized spacial score (nSPS) is 21.8. The van der Waals surface area contributed by atoms with Crippen LogP contribution in [0.4, 0.5) is 0 Å². The molecule has 1 amide bonds. The Balaban J connectivity index is 1.46. The maximum Gasteiger partial charge on any atom is 0.279 e. The largest absolute Gasteiger partial charge is 0.493 e. The molecule has 1 aromatic heterocycles. The molecule has 0 aliphatic carbocycles. The van der Waals surface area contributed by atoms with E-state index >= 15 is 0 Å². The molecule has 8 heteroatoms. The van der Waals surface area contributed by atoms with Crippen LogP contribution >= 0.6 is 0 Å². The summed E-state index contributed by atoms with van der Waals surface area (Å²) in [7, 11) is 3.02. The van der Waals surface area contributed by atoms with Gasteiger partial charge in [0, 0.05) is 18.0 Å². The van der Waals surface area contributed by atoms with Crippen LogP contribution in [0.5, 0.6) is 11.5 Å². The Morgan fingerprint density at radius 3 is 2.80 bits per heavy atom. The molecule has 2 atom stereocenters. The molecule has 0 unspecified atom stereocenters. The lowest BCUT2D eigenvalue weighted by Gasteiger charge is -2.44. The highest BCUT2D eigenvalue weighted by molar-refractivity contribution is 5.89. The summed E-state index contributed by atoms with van der Waals surface area (Å²) in [5.41, 5.74) is -0.366. The van der Waals surface area contributed by atoms with E-state index in [1.807, 2.05) is 0 Å². The average molecular weight is 415 g/mol. The van der Waals surface area contributed by atoms with Crippen molar-refractivity contribution in [3.05, 3.63) is 28.7 Å². The van der Waals surface area contributed by atoms with Crippen LogP contribution in [0, 0.1) is 5.92 Å². The summed E-state index contributed by atoms with van der Waals surface area (Å²) in [6.07, 6.45) is 7.67. The molecule has 4 rings (SSSR count). The Hall–Kier alpha value is -2.61. The van der Waals surface area contributed by atoms with Crippen molar-refractivity contribution in [2.45, 2.75) is 44.7 Å². The molecule has 1 aromatic carbocycles. The van der Waals surface area contributed by atoms with E-state index in [0.29, 0.717) is 40.8 Å². The lowest BCUT2D eigenvalue weighted by molar-refractivity contribution is -0.122. The molecule has 162 valence electrons. The lowest BCUT2D eigenvalue weighted by Crippen LogP contribution is -2.51. The highest BCUT2D eigenvalue weighted by atomic mass is 16.5. The molecule has 0 spiro atoms. The van der Waals surface area contributed by atoms with Crippen LogP contribution < -0.4 is 20.3 Å². The predicted octanol–water partition coefficient (Wildman–Crippen LogP) is 1.79. The maximum atomic E-state index is 13.0. The number of benzene rings is 1. The maximum absolute atomic E-state index is 13.0. The monoisotopic (exact) mass is 414 g/mol. The van der Waals surface area contributed by atoms with Crippen molar-refractivity contribution in [1.29, 1.82) is 0 Å². The van der Waals surface area contributed by atoms with Gasteiger partial charge in [-0.15, -0.1) is 0 Å². The molecule has 2 fully saturated rings. The number of piperidine rings is 2. The van der Waals surface area contributed by atoms with Crippen molar-refractivity contribution in [2.75, 3.05) is 33.9 Å². The van der Waals surface area contributed by atoms with Crippen LogP contribution in [0.3, 0.4) is 0 Å². The minimum absolute atomic E-state index is 0.115. The Bertz CT molecular complexity index is 971. The standard InChI is InChI=1S/C22H30N4O4/c1-29-18-9-8-16-13-24-26(22(28)20(16)21(18)30-2)14-19(27)23-12-15-6-5-11-25-10-4-3-7-17(15)25/h8-9,13,15,17H,3-7,10-12,14H2,1-2H3,(H,23,27)/t15-,17+/m0/s1. The predicted molar refractivity (Wildman–Crippen MR) is 114 cm³/mol. The molecule has 1 N–H and O–H groups in total. The molecular formula is C22H30N4O4. The Kier molecular flexibility index (Phi) is 6.22. The third-order valence-corrected chi connectivity index (χ3v) is 6.45. The van der Waals surface area contributed by atoms with E-state index in [1.165, 1.54) is 57.7 Å². The zero-order chi connectivity index (χ0) is 21.1. The summed E-state index contributed by atoms with van der Waals surface area (Å²) in [5.74, 6) is 1.11. The van der Waals surface area contributed by atoms with Crippen molar-refractivity contribution in [3.8, 4) is 11.5 Å². The second-order valence-corrected chi connectivity index (χ2v) is 8.18. The minimum atomic E-state index is -0.366. The lowest BCUT2D eigenvalue weighted by atomic mass is 9.83. The summed E-state index contributed by atoms with van der Waals surface area (Å²) < 4.78 is 11.9. The van der Waals surface area contributed by atoms with E-state index in [0.717, 1.165) is 6.42 Å². The number of carbonyl (C=O) groups excluding carboxylic acids is 1. The van der Waals surface area contributed by atoms with Gasteiger partial charge < -0.3 is 19.7 Å². The quantitative estimate of drug-likeness (QED) is 0.776. The van der Waals surface area contributed by atoms with Gasteiger partial charge in [-0.2, -0.15) is 5.10 Å². The second kappa shape index (κ2) is 9.04. The molecule has 2 aliphatic heterocycles. The molecular weight excluding hydrogens is 384 g/mol. The Labute approximate surface area is 176 Å². The van der Waals surface area contributed by atoms with Crippen molar-refractivity contribution in [1.82, 2.24) is 20.0 Å². The van der Waals surface area contributed by atoms with E-state index < -0.39 is 0 Å². The summed E-state index contributed by atoms with van der Waals surface area (Å²) in [6, 6.07) is 4.07. The second-order valence-electron chi connectivity index (χ2n) is 8.18. The first-order valence-electron chi connectivity index (χ1n) is 10.7. The van der Waals surface area contributed by atoms with Crippen LogP contribution in [0.1, 0.15) is 32.1 Å². The van der Waals surface area contributed by atoms with E-state index in [2.05, 4.69) is 15.3 Å². The zero-order valence-electron chi connectivity index (χ0n) is 17.7. The van der Waals surface area contributed by atoms with Crippen molar-refractivity contribution >= 4 is 16.7 Å². The SMILES string of the molecule is COc1ccc2cnn(CC(=O)NC[C@@H]3CCCN4CCCC[C@H]34)c(=O)c2c1OC. The van der Waals surface area contributed by atoms with Gasteiger partial charge in [0.1, 0.15) is 6.54 Å². The Morgan fingerprint density at radius 2 is 2.00 bits per heavy atom. The van der Waals surface area contributed by atoms with Gasteiger partial charge in [0.2, 0.25) is 5.91 Å². The number of rotatable bonds is 6. The first-order chi connectivity index (χ1) is 14.6.